The molecule has 0 atom stereocenters. The van der Waals surface area contributed by atoms with E-state index in [1.165, 1.54) is 22.1 Å². The van der Waals surface area contributed by atoms with Crippen molar-refractivity contribution in [3.05, 3.63) is 83.6 Å². The largest absolute Gasteiger partial charge is 0.456 e. The van der Waals surface area contributed by atoms with Gasteiger partial charge >= 0.3 is 0 Å². The SMILES string of the molecule is Cc1ccc2nc(-c3cccc4c3-c3oc5ccccc5c3C4(C)C)ncc2c1. The fraction of sp³-hybridized carbons (Fsp3) is 0.154. The number of hydrogen-bond acceptors (Lipinski definition) is 3. The van der Waals surface area contributed by atoms with Crippen LogP contribution in [-0.4, -0.2) is 9.97 Å². The molecular formula is C26H20N2O. The fourth-order valence-corrected chi connectivity index (χ4v) is 4.76. The summed E-state index contributed by atoms with van der Waals surface area (Å²) in [7, 11) is 0. The third-order valence-electron chi connectivity index (χ3n) is 6.16. The predicted molar refractivity (Wildman–Crippen MR) is 117 cm³/mol. The summed E-state index contributed by atoms with van der Waals surface area (Å²) in [6.07, 6.45) is 1.92. The van der Waals surface area contributed by atoms with Crippen LogP contribution in [0.3, 0.4) is 0 Å². The van der Waals surface area contributed by atoms with Crippen LogP contribution < -0.4 is 0 Å². The van der Waals surface area contributed by atoms with Gasteiger partial charge in [-0.1, -0.05) is 61.9 Å². The molecule has 0 radical (unpaired) electrons. The van der Waals surface area contributed by atoms with Gasteiger partial charge in [0.15, 0.2) is 5.82 Å². The lowest BCUT2D eigenvalue weighted by atomic mass is 9.81. The third-order valence-corrected chi connectivity index (χ3v) is 6.16. The van der Waals surface area contributed by atoms with Crippen molar-refractivity contribution < 1.29 is 4.42 Å². The molecule has 3 heteroatoms. The van der Waals surface area contributed by atoms with Gasteiger partial charge < -0.3 is 4.42 Å². The minimum Gasteiger partial charge on any atom is -0.456 e. The maximum atomic E-state index is 6.38. The number of benzene rings is 3. The molecule has 3 aromatic carbocycles. The Labute approximate surface area is 169 Å². The van der Waals surface area contributed by atoms with E-state index in [1.54, 1.807) is 0 Å². The number of aryl methyl sites for hydroxylation is 1. The van der Waals surface area contributed by atoms with Crippen LogP contribution >= 0.6 is 0 Å². The Morgan fingerprint density at radius 2 is 1.79 bits per heavy atom. The highest BCUT2D eigenvalue weighted by molar-refractivity contribution is 5.98. The molecule has 0 saturated carbocycles. The van der Waals surface area contributed by atoms with E-state index in [4.69, 9.17) is 14.4 Å². The van der Waals surface area contributed by atoms with E-state index >= 15 is 0 Å². The smallest absolute Gasteiger partial charge is 0.160 e. The van der Waals surface area contributed by atoms with E-state index in [9.17, 15) is 0 Å². The van der Waals surface area contributed by atoms with Crippen LogP contribution in [0.4, 0.5) is 0 Å². The van der Waals surface area contributed by atoms with Gasteiger partial charge in [0.1, 0.15) is 11.3 Å². The van der Waals surface area contributed by atoms with Crippen LogP contribution in [-0.2, 0) is 5.41 Å². The van der Waals surface area contributed by atoms with Crippen LogP contribution in [0.15, 0.2) is 71.3 Å². The normalized spacial score (nSPS) is 14.3. The van der Waals surface area contributed by atoms with Gasteiger partial charge in [-0.05, 0) is 30.7 Å². The molecule has 2 aromatic heterocycles. The number of nitrogens with zero attached hydrogens (tertiary/aromatic N) is 2. The summed E-state index contributed by atoms with van der Waals surface area (Å²) in [4.78, 5) is 9.60. The van der Waals surface area contributed by atoms with E-state index in [-0.39, 0.29) is 5.41 Å². The van der Waals surface area contributed by atoms with Gasteiger partial charge in [0, 0.05) is 39.1 Å². The molecule has 5 aromatic rings. The van der Waals surface area contributed by atoms with Crippen molar-refractivity contribution in [2.75, 3.05) is 0 Å². The molecule has 1 aliphatic rings. The summed E-state index contributed by atoms with van der Waals surface area (Å²) in [6.45, 7) is 6.63. The average molecular weight is 376 g/mol. The highest BCUT2D eigenvalue weighted by Crippen LogP contribution is 2.55. The molecule has 0 saturated heterocycles. The van der Waals surface area contributed by atoms with Crippen LogP contribution in [0.25, 0.3) is 44.6 Å². The second-order valence-corrected chi connectivity index (χ2v) is 8.41. The van der Waals surface area contributed by atoms with Crippen molar-refractivity contribution in [2.24, 2.45) is 0 Å². The monoisotopic (exact) mass is 376 g/mol. The molecule has 29 heavy (non-hydrogen) atoms. The van der Waals surface area contributed by atoms with E-state index in [2.05, 4.69) is 69.3 Å². The number of furan rings is 1. The lowest BCUT2D eigenvalue weighted by Crippen LogP contribution is -2.14. The van der Waals surface area contributed by atoms with Crippen LogP contribution in [0.2, 0.25) is 0 Å². The number of para-hydroxylation sites is 1. The molecule has 0 N–H and O–H groups in total. The maximum absolute atomic E-state index is 6.38. The molecule has 0 amide bonds. The summed E-state index contributed by atoms with van der Waals surface area (Å²) in [5.41, 5.74) is 7.63. The van der Waals surface area contributed by atoms with E-state index < -0.39 is 0 Å². The van der Waals surface area contributed by atoms with Crippen LogP contribution in [0.1, 0.15) is 30.5 Å². The Hall–Kier alpha value is -3.46. The fourth-order valence-electron chi connectivity index (χ4n) is 4.76. The summed E-state index contributed by atoms with van der Waals surface area (Å²) in [5.74, 6) is 1.69. The van der Waals surface area contributed by atoms with Gasteiger partial charge in [-0.2, -0.15) is 0 Å². The Balaban J connectivity index is 1.66. The third kappa shape index (κ3) is 2.18. The first-order valence-corrected chi connectivity index (χ1v) is 9.94. The summed E-state index contributed by atoms with van der Waals surface area (Å²) < 4.78 is 6.38. The first-order chi connectivity index (χ1) is 14.0. The van der Waals surface area contributed by atoms with Gasteiger partial charge in [-0.15, -0.1) is 0 Å². The average Bonchev–Trinajstić information content (AvgIpc) is 3.22. The summed E-state index contributed by atoms with van der Waals surface area (Å²) in [5, 5.41) is 2.25. The highest BCUT2D eigenvalue weighted by Gasteiger charge is 2.41. The molecule has 6 rings (SSSR count). The first kappa shape index (κ1) is 16.5. The molecule has 0 bridgehead atoms. The van der Waals surface area contributed by atoms with Crippen molar-refractivity contribution in [3.63, 3.8) is 0 Å². The topological polar surface area (TPSA) is 38.9 Å². The minimum absolute atomic E-state index is 0.138. The Kier molecular flexibility index (Phi) is 3.15. The second-order valence-electron chi connectivity index (χ2n) is 8.41. The molecule has 0 fully saturated rings. The zero-order valence-electron chi connectivity index (χ0n) is 16.7. The molecule has 140 valence electrons. The summed E-state index contributed by atoms with van der Waals surface area (Å²) in [6, 6.07) is 21.0. The second kappa shape index (κ2) is 5.54. The number of hydrogen-bond donors (Lipinski definition) is 0. The van der Waals surface area contributed by atoms with Crippen LogP contribution in [0.5, 0.6) is 0 Å². The van der Waals surface area contributed by atoms with Gasteiger partial charge in [-0.3, -0.25) is 0 Å². The minimum atomic E-state index is -0.138. The zero-order valence-corrected chi connectivity index (χ0v) is 16.7. The Bertz CT molecular complexity index is 1440. The van der Waals surface area contributed by atoms with Crippen molar-refractivity contribution >= 4 is 21.9 Å². The van der Waals surface area contributed by atoms with Crippen molar-refractivity contribution in [2.45, 2.75) is 26.2 Å². The van der Waals surface area contributed by atoms with E-state index in [0.717, 1.165) is 39.2 Å². The summed E-state index contributed by atoms with van der Waals surface area (Å²) >= 11 is 0. The van der Waals surface area contributed by atoms with Crippen molar-refractivity contribution in [1.82, 2.24) is 9.97 Å². The molecule has 1 aliphatic carbocycles. The van der Waals surface area contributed by atoms with Crippen molar-refractivity contribution in [3.8, 4) is 22.7 Å². The lowest BCUT2D eigenvalue weighted by Gasteiger charge is -2.21. The van der Waals surface area contributed by atoms with E-state index in [1.807, 2.05) is 18.3 Å². The first-order valence-electron chi connectivity index (χ1n) is 9.94. The zero-order chi connectivity index (χ0) is 19.8. The number of fused-ring (bicyclic) bond motifs is 6. The standard InChI is InChI=1S/C26H20N2O/c1-15-11-12-20-16(13-15)14-27-25(28-20)18-8-6-9-19-22(18)24-23(26(19,2)3)17-7-4-5-10-21(17)29-24/h4-14H,1-3H3. The van der Waals surface area contributed by atoms with E-state index in [0.29, 0.717) is 0 Å². The van der Waals surface area contributed by atoms with Crippen LogP contribution in [0, 0.1) is 6.92 Å². The molecular weight excluding hydrogens is 356 g/mol. The molecule has 3 nitrogen and oxygen atoms in total. The van der Waals surface area contributed by atoms with Gasteiger partial charge in [0.25, 0.3) is 0 Å². The molecule has 2 heterocycles. The molecule has 0 unspecified atom stereocenters. The van der Waals surface area contributed by atoms with Crippen molar-refractivity contribution in [1.29, 1.82) is 0 Å². The Morgan fingerprint density at radius 1 is 0.931 bits per heavy atom. The lowest BCUT2D eigenvalue weighted by molar-refractivity contribution is 0.619. The maximum Gasteiger partial charge on any atom is 0.160 e. The number of rotatable bonds is 1. The quantitative estimate of drug-likeness (QED) is 0.328. The Morgan fingerprint density at radius 3 is 2.69 bits per heavy atom. The molecule has 0 spiro atoms. The predicted octanol–water partition coefficient (Wildman–Crippen LogP) is 6.66. The van der Waals surface area contributed by atoms with Gasteiger partial charge in [0.2, 0.25) is 0 Å². The van der Waals surface area contributed by atoms with Gasteiger partial charge in [0.05, 0.1) is 5.52 Å². The highest BCUT2D eigenvalue weighted by atomic mass is 16.3. The van der Waals surface area contributed by atoms with Gasteiger partial charge in [-0.25, -0.2) is 9.97 Å². The molecule has 0 aliphatic heterocycles. The number of aromatic nitrogens is 2.